The molecule has 106 valence electrons. The molecule has 1 aromatic carbocycles. The fourth-order valence-electron chi connectivity index (χ4n) is 1.78. The largest absolute Gasteiger partial charge is 0.330 e. The van der Waals surface area contributed by atoms with Crippen LogP contribution in [0.25, 0.3) is 0 Å². The van der Waals surface area contributed by atoms with Gasteiger partial charge < -0.3 is 5.73 Å². The molecule has 0 amide bonds. The van der Waals surface area contributed by atoms with Crippen molar-refractivity contribution in [3.8, 4) is 0 Å². The molecule has 20 heavy (non-hydrogen) atoms. The Labute approximate surface area is 118 Å². The number of aryl methyl sites for hydroxylation is 1. The maximum atomic E-state index is 12.2. The lowest BCUT2D eigenvalue weighted by Crippen LogP contribution is -2.13. The Hall–Kier alpha value is -1.92. The number of aromatic nitrogens is 1. The van der Waals surface area contributed by atoms with Crippen LogP contribution in [0.2, 0.25) is 0 Å². The van der Waals surface area contributed by atoms with Gasteiger partial charge in [-0.1, -0.05) is 12.1 Å². The lowest BCUT2D eigenvalue weighted by atomic mass is 10.1. The molecule has 0 fully saturated rings. The second-order valence-electron chi connectivity index (χ2n) is 4.38. The molecule has 0 bridgehead atoms. The summed E-state index contributed by atoms with van der Waals surface area (Å²) in [6.45, 7) is 0.628. The zero-order chi connectivity index (χ0) is 14.4. The molecule has 1 heterocycles. The molecule has 6 heteroatoms. The van der Waals surface area contributed by atoms with Crippen LogP contribution < -0.4 is 10.5 Å². The van der Waals surface area contributed by atoms with E-state index in [1.54, 1.807) is 30.5 Å². The lowest BCUT2D eigenvalue weighted by Gasteiger charge is -2.08. The number of sulfonamides is 1. The van der Waals surface area contributed by atoms with Gasteiger partial charge in [0.15, 0.2) is 0 Å². The first-order valence-corrected chi connectivity index (χ1v) is 7.82. The van der Waals surface area contributed by atoms with Gasteiger partial charge in [-0.3, -0.25) is 9.71 Å². The molecule has 0 radical (unpaired) electrons. The van der Waals surface area contributed by atoms with Gasteiger partial charge in [0.2, 0.25) is 0 Å². The van der Waals surface area contributed by atoms with Crippen LogP contribution in [0.15, 0.2) is 53.7 Å². The van der Waals surface area contributed by atoms with E-state index < -0.39 is 10.0 Å². The molecule has 0 aliphatic rings. The summed E-state index contributed by atoms with van der Waals surface area (Å²) in [7, 11) is -3.57. The summed E-state index contributed by atoms with van der Waals surface area (Å²) >= 11 is 0. The monoisotopic (exact) mass is 291 g/mol. The average Bonchev–Trinajstić information content (AvgIpc) is 2.46. The summed E-state index contributed by atoms with van der Waals surface area (Å²) in [5.41, 5.74) is 6.97. The van der Waals surface area contributed by atoms with Crippen LogP contribution in [0.3, 0.4) is 0 Å². The molecule has 1 aromatic heterocycles. The van der Waals surface area contributed by atoms with E-state index in [2.05, 4.69) is 9.71 Å². The minimum atomic E-state index is -3.57. The van der Waals surface area contributed by atoms with Gasteiger partial charge in [0.25, 0.3) is 10.0 Å². The lowest BCUT2D eigenvalue weighted by molar-refractivity contribution is 0.601. The third-order valence-corrected chi connectivity index (χ3v) is 4.21. The first-order valence-electron chi connectivity index (χ1n) is 6.34. The Morgan fingerprint density at radius 2 is 1.90 bits per heavy atom. The van der Waals surface area contributed by atoms with Gasteiger partial charge in [-0.05, 0) is 49.2 Å². The molecule has 0 atom stereocenters. The highest BCUT2D eigenvalue weighted by Gasteiger charge is 2.13. The first kappa shape index (κ1) is 14.5. The van der Waals surface area contributed by atoms with Crippen LogP contribution in [0, 0.1) is 0 Å². The summed E-state index contributed by atoms with van der Waals surface area (Å²) in [6.07, 6.45) is 4.80. The fraction of sp³-hybridized carbons (Fsp3) is 0.214. The Bertz CT molecular complexity index is 640. The van der Waals surface area contributed by atoms with E-state index in [4.69, 9.17) is 5.73 Å². The van der Waals surface area contributed by atoms with Gasteiger partial charge in [-0.15, -0.1) is 0 Å². The van der Waals surface area contributed by atoms with Crippen molar-refractivity contribution in [2.45, 2.75) is 17.7 Å². The molecule has 2 rings (SSSR count). The highest BCUT2D eigenvalue weighted by Crippen LogP contribution is 2.16. The number of nitrogens with one attached hydrogen (secondary N) is 1. The van der Waals surface area contributed by atoms with Gasteiger partial charge >= 0.3 is 0 Å². The predicted octanol–water partition coefficient (Wildman–Crippen LogP) is 1.77. The topological polar surface area (TPSA) is 85.1 Å². The molecule has 3 N–H and O–H groups in total. The van der Waals surface area contributed by atoms with Crippen molar-refractivity contribution in [1.29, 1.82) is 0 Å². The van der Waals surface area contributed by atoms with Crippen LogP contribution in [-0.2, 0) is 16.4 Å². The number of nitrogens with two attached hydrogens (primary N) is 1. The van der Waals surface area contributed by atoms with E-state index in [1.165, 1.54) is 6.20 Å². The molecular weight excluding hydrogens is 274 g/mol. The third-order valence-electron chi connectivity index (χ3n) is 2.82. The molecular formula is C14H17N3O2S. The van der Waals surface area contributed by atoms with Gasteiger partial charge in [0.05, 0.1) is 16.8 Å². The van der Waals surface area contributed by atoms with Crippen LogP contribution in [0.4, 0.5) is 5.69 Å². The number of rotatable bonds is 6. The number of nitrogens with zero attached hydrogens (tertiary/aromatic N) is 1. The van der Waals surface area contributed by atoms with Crippen LogP contribution in [0.5, 0.6) is 0 Å². The molecule has 0 aliphatic carbocycles. The van der Waals surface area contributed by atoms with E-state index >= 15 is 0 Å². The van der Waals surface area contributed by atoms with Gasteiger partial charge in [0, 0.05) is 6.20 Å². The first-order chi connectivity index (χ1) is 9.62. The Kier molecular flexibility index (Phi) is 4.70. The van der Waals surface area contributed by atoms with E-state index in [9.17, 15) is 8.42 Å². The van der Waals surface area contributed by atoms with Gasteiger partial charge in [-0.25, -0.2) is 8.42 Å². The molecule has 0 saturated carbocycles. The molecule has 5 nitrogen and oxygen atoms in total. The standard InChI is InChI=1S/C14H17N3O2S/c15-9-1-3-12-5-7-14(8-6-12)20(18,19)17-13-4-2-10-16-11-13/h2,4-8,10-11,17H,1,3,9,15H2. The van der Waals surface area contributed by atoms with E-state index in [0.29, 0.717) is 12.2 Å². The maximum Gasteiger partial charge on any atom is 0.261 e. The predicted molar refractivity (Wildman–Crippen MR) is 78.9 cm³/mol. The van der Waals surface area contributed by atoms with E-state index in [0.717, 1.165) is 18.4 Å². The van der Waals surface area contributed by atoms with Crippen molar-refractivity contribution in [2.24, 2.45) is 5.73 Å². The minimum absolute atomic E-state index is 0.234. The van der Waals surface area contributed by atoms with Gasteiger partial charge in [0.1, 0.15) is 0 Å². The molecule has 0 spiro atoms. The molecule has 2 aromatic rings. The maximum absolute atomic E-state index is 12.2. The number of anilines is 1. The van der Waals surface area contributed by atoms with Crippen molar-refractivity contribution >= 4 is 15.7 Å². The molecule has 0 aliphatic heterocycles. The Morgan fingerprint density at radius 1 is 1.15 bits per heavy atom. The van der Waals surface area contributed by atoms with Crippen molar-refractivity contribution in [3.05, 3.63) is 54.4 Å². The normalized spacial score (nSPS) is 11.2. The summed E-state index contributed by atoms with van der Waals surface area (Å²) in [5.74, 6) is 0. The zero-order valence-corrected chi connectivity index (χ0v) is 11.8. The van der Waals surface area contributed by atoms with Crippen molar-refractivity contribution in [2.75, 3.05) is 11.3 Å². The van der Waals surface area contributed by atoms with Crippen molar-refractivity contribution in [1.82, 2.24) is 4.98 Å². The van der Waals surface area contributed by atoms with E-state index in [-0.39, 0.29) is 4.90 Å². The summed E-state index contributed by atoms with van der Waals surface area (Å²) in [4.78, 5) is 4.11. The average molecular weight is 291 g/mol. The summed E-state index contributed by atoms with van der Waals surface area (Å²) < 4.78 is 26.8. The van der Waals surface area contributed by atoms with Crippen LogP contribution in [0.1, 0.15) is 12.0 Å². The second-order valence-corrected chi connectivity index (χ2v) is 6.07. The number of hydrogen-bond donors (Lipinski definition) is 2. The van der Waals surface area contributed by atoms with Crippen LogP contribution in [-0.4, -0.2) is 19.9 Å². The zero-order valence-electron chi connectivity index (χ0n) is 11.0. The molecule has 0 unspecified atom stereocenters. The highest BCUT2D eigenvalue weighted by molar-refractivity contribution is 7.92. The van der Waals surface area contributed by atoms with Crippen LogP contribution >= 0.6 is 0 Å². The quantitative estimate of drug-likeness (QED) is 0.849. The number of pyridine rings is 1. The Balaban J connectivity index is 2.13. The minimum Gasteiger partial charge on any atom is -0.330 e. The number of hydrogen-bond acceptors (Lipinski definition) is 4. The molecule has 0 saturated heterocycles. The summed E-state index contributed by atoms with van der Waals surface area (Å²) in [6, 6.07) is 10.2. The Morgan fingerprint density at radius 3 is 2.50 bits per heavy atom. The fourth-order valence-corrected chi connectivity index (χ4v) is 2.82. The summed E-state index contributed by atoms with van der Waals surface area (Å²) in [5, 5.41) is 0. The van der Waals surface area contributed by atoms with E-state index in [1.807, 2.05) is 12.1 Å². The number of benzene rings is 1. The smallest absolute Gasteiger partial charge is 0.261 e. The van der Waals surface area contributed by atoms with Crippen molar-refractivity contribution in [3.63, 3.8) is 0 Å². The third kappa shape index (κ3) is 3.79. The second kappa shape index (κ2) is 6.49. The highest BCUT2D eigenvalue weighted by atomic mass is 32.2. The van der Waals surface area contributed by atoms with Crippen molar-refractivity contribution < 1.29 is 8.42 Å². The van der Waals surface area contributed by atoms with Gasteiger partial charge in [-0.2, -0.15) is 0 Å². The SMILES string of the molecule is NCCCc1ccc(S(=O)(=O)Nc2cccnc2)cc1.